The van der Waals surface area contributed by atoms with E-state index in [1.54, 1.807) is 14.0 Å². The zero-order chi connectivity index (χ0) is 14.4. The first-order chi connectivity index (χ1) is 8.95. The first kappa shape index (κ1) is 16.4. The fourth-order valence-electron chi connectivity index (χ4n) is 2.34. The number of carbonyl (C=O) groups excluding carboxylic acids is 1. The Morgan fingerprint density at radius 2 is 2.21 bits per heavy atom. The number of hydrogen-bond acceptors (Lipinski definition) is 4. The number of carbonyl (C=O) groups is 1. The van der Waals surface area contributed by atoms with E-state index in [4.69, 9.17) is 4.74 Å². The third-order valence-electron chi connectivity index (χ3n) is 3.29. The highest BCUT2D eigenvalue weighted by Crippen LogP contribution is 2.20. The molecule has 4 nitrogen and oxygen atoms in total. The molecule has 0 aromatic heterocycles. The van der Waals surface area contributed by atoms with E-state index in [1.807, 2.05) is 6.92 Å². The van der Waals surface area contributed by atoms with E-state index >= 15 is 0 Å². The minimum absolute atomic E-state index is 0.0769. The standard InChI is InChI=1S/C14H23BrN2O2/c1-10(15)8-14(12(3)18)11(2)16-17-7-5-6-13(17)9-19-4/h13,16H,1,5-9H2,2-4H3/b14-11-/t13-/m0/s1. The summed E-state index contributed by atoms with van der Waals surface area (Å²) in [6.45, 7) is 9.02. The lowest BCUT2D eigenvalue weighted by Crippen LogP contribution is -2.43. The number of allylic oxidation sites excluding steroid dienone is 3. The summed E-state index contributed by atoms with van der Waals surface area (Å²) in [4.78, 5) is 11.7. The molecule has 1 N–H and O–H groups in total. The highest BCUT2D eigenvalue weighted by atomic mass is 79.9. The molecular formula is C14H23BrN2O2. The van der Waals surface area contributed by atoms with E-state index in [1.165, 1.54) is 0 Å². The molecule has 0 aliphatic carbocycles. The van der Waals surface area contributed by atoms with Gasteiger partial charge >= 0.3 is 0 Å². The second-order valence-corrected chi connectivity index (χ2v) is 6.03. The van der Waals surface area contributed by atoms with Gasteiger partial charge in [-0.25, -0.2) is 5.01 Å². The van der Waals surface area contributed by atoms with Gasteiger partial charge in [0, 0.05) is 31.3 Å². The summed E-state index contributed by atoms with van der Waals surface area (Å²) in [6.07, 6.45) is 2.82. The average molecular weight is 331 g/mol. The fourth-order valence-corrected chi connectivity index (χ4v) is 2.62. The zero-order valence-corrected chi connectivity index (χ0v) is 13.5. The normalized spacial score (nSPS) is 21.2. The van der Waals surface area contributed by atoms with Gasteiger partial charge < -0.3 is 10.2 Å². The molecule has 1 aliphatic heterocycles. The number of ether oxygens (including phenoxy) is 1. The molecule has 108 valence electrons. The van der Waals surface area contributed by atoms with Gasteiger partial charge in [0.2, 0.25) is 0 Å². The third-order valence-corrected chi connectivity index (χ3v) is 3.57. The van der Waals surface area contributed by atoms with Crippen LogP contribution < -0.4 is 5.43 Å². The Labute approximate surface area is 124 Å². The lowest BCUT2D eigenvalue weighted by molar-refractivity contribution is -0.113. The Bertz CT molecular complexity index is 380. The van der Waals surface area contributed by atoms with Crippen molar-refractivity contribution in [1.29, 1.82) is 0 Å². The molecule has 1 heterocycles. The molecule has 0 bridgehead atoms. The summed E-state index contributed by atoms with van der Waals surface area (Å²) in [5.41, 5.74) is 5.02. The molecule has 1 atom stereocenters. The quantitative estimate of drug-likeness (QED) is 0.729. The van der Waals surface area contributed by atoms with Gasteiger partial charge in [-0.15, -0.1) is 0 Å². The summed E-state index contributed by atoms with van der Waals surface area (Å²) < 4.78 is 6.04. The van der Waals surface area contributed by atoms with Crippen molar-refractivity contribution in [2.24, 2.45) is 0 Å². The number of rotatable bonds is 7. The van der Waals surface area contributed by atoms with Crippen molar-refractivity contribution in [3.8, 4) is 0 Å². The van der Waals surface area contributed by atoms with Crippen LogP contribution in [0.3, 0.4) is 0 Å². The van der Waals surface area contributed by atoms with E-state index < -0.39 is 0 Å². The largest absolute Gasteiger partial charge is 0.383 e. The van der Waals surface area contributed by atoms with Crippen LogP contribution in [0.15, 0.2) is 22.3 Å². The topological polar surface area (TPSA) is 41.6 Å². The summed E-state index contributed by atoms with van der Waals surface area (Å²) in [6, 6.07) is 0.375. The first-order valence-electron chi connectivity index (χ1n) is 6.52. The van der Waals surface area contributed by atoms with Crippen LogP contribution in [0.2, 0.25) is 0 Å². The molecule has 0 amide bonds. The smallest absolute Gasteiger partial charge is 0.157 e. The van der Waals surface area contributed by atoms with Crippen molar-refractivity contribution in [2.75, 3.05) is 20.3 Å². The minimum atomic E-state index is 0.0769. The third kappa shape index (κ3) is 5.09. The van der Waals surface area contributed by atoms with Crippen molar-refractivity contribution in [2.45, 2.75) is 39.2 Å². The second-order valence-electron chi connectivity index (χ2n) is 4.91. The van der Waals surface area contributed by atoms with E-state index in [0.29, 0.717) is 19.1 Å². The Morgan fingerprint density at radius 1 is 1.53 bits per heavy atom. The van der Waals surface area contributed by atoms with Crippen LogP contribution in [0.4, 0.5) is 0 Å². The van der Waals surface area contributed by atoms with Crippen molar-refractivity contribution in [3.05, 3.63) is 22.3 Å². The van der Waals surface area contributed by atoms with Gasteiger partial charge in [0.15, 0.2) is 5.78 Å². The minimum Gasteiger partial charge on any atom is -0.383 e. The van der Waals surface area contributed by atoms with Crippen LogP contribution in [0.25, 0.3) is 0 Å². The lowest BCUT2D eigenvalue weighted by atomic mass is 10.1. The molecule has 1 saturated heterocycles. The number of methoxy groups -OCH3 is 1. The van der Waals surface area contributed by atoms with Gasteiger partial charge in [0.1, 0.15) is 0 Å². The average Bonchev–Trinajstić information content (AvgIpc) is 2.73. The van der Waals surface area contributed by atoms with Crippen molar-refractivity contribution in [1.82, 2.24) is 10.4 Å². The molecule has 1 rings (SSSR count). The molecule has 0 unspecified atom stereocenters. The molecule has 5 heteroatoms. The van der Waals surface area contributed by atoms with Crippen LogP contribution in [0.5, 0.6) is 0 Å². The summed E-state index contributed by atoms with van der Waals surface area (Å²) in [5.74, 6) is 0.0769. The van der Waals surface area contributed by atoms with Crippen LogP contribution in [-0.4, -0.2) is 37.1 Å². The van der Waals surface area contributed by atoms with Crippen LogP contribution in [0, 0.1) is 0 Å². The maximum absolute atomic E-state index is 11.7. The predicted octanol–water partition coefficient (Wildman–Crippen LogP) is 2.76. The summed E-state index contributed by atoms with van der Waals surface area (Å²) in [5, 5.41) is 2.17. The Morgan fingerprint density at radius 3 is 2.74 bits per heavy atom. The van der Waals surface area contributed by atoms with Crippen LogP contribution in [-0.2, 0) is 9.53 Å². The maximum Gasteiger partial charge on any atom is 0.157 e. The van der Waals surface area contributed by atoms with E-state index in [9.17, 15) is 4.79 Å². The van der Waals surface area contributed by atoms with E-state index in [2.05, 4.69) is 32.9 Å². The molecule has 0 spiro atoms. The van der Waals surface area contributed by atoms with Crippen LogP contribution in [0.1, 0.15) is 33.1 Å². The van der Waals surface area contributed by atoms with Gasteiger partial charge in [0.25, 0.3) is 0 Å². The molecule has 0 aromatic carbocycles. The number of hydrogen-bond donors (Lipinski definition) is 1. The van der Waals surface area contributed by atoms with Crippen molar-refractivity contribution < 1.29 is 9.53 Å². The molecule has 1 fully saturated rings. The number of halogens is 1. The predicted molar refractivity (Wildman–Crippen MR) is 80.8 cm³/mol. The Kier molecular flexibility index (Phi) is 6.75. The number of hydrazine groups is 1. The maximum atomic E-state index is 11.7. The Hall–Kier alpha value is -0.650. The molecule has 0 saturated carbocycles. The summed E-state index contributed by atoms with van der Waals surface area (Å²) in [7, 11) is 1.72. The SMILES string of the molecule is C=C(Br)C/C(C(C)=O)=C(\C)NN1CCC[C@H]1COC. The van der Waals surface area contributed by atoms with Gasteiger partial charge in [-0.1, -0.05) is 22.5 Å². The highest BCUT2D eigenvalue weighted by Gasteiger charge is 2.25. The molecular weight excluding hydrogens is 308 g/mol. The summed E-state index contributed by atoms with van der Waals surface area (Å²) >= 11 is 3.32. The van der Waals surface area contributed by atoms with Crippen LogP contribution >= 0.6 is 15.9 Å². The number of ketones is 1. The van der Waals surface area contributed by atoms with E-state index in [0.717, 1.165) is 35.1 Å². The monoisotopic (exact) mass is 330 g/mol. The fraction of sp³-hybridized carbons (Fsp3) is 0.643. The second kappa shape index (κ2) is 7.82. The van der Waals surface area contributed by atoms with Gasteiger partial charge in [-0.3, -0.25) is 4.79 Å². The van der Waals surface area contributed by atoms with Crippen molar-refractivity contribution in [3.63, 3.8) is 0 Å². The van der Waals surface area contributed by atoms with Gasteiger partial charge in [-0.05, 0) is 31.2 Å². The molecule has 1 aliphatic rings. The zero-order valence-electron chi connectivity index (χ0n) is 12.0. The van der Waals surface area contributed by atoms with Gasteiger partial charge in [0.05, 0.1) is 12.6 Å². The first-order valence-corrected chi connectivity index (χ1v) is 7.31. The molecule has 0 radical (unpaired) electrons. The van der Waals surface area contributed by atoms with Gasteiger partial charge in [-0.2, -0.15) is 0 Å². The van der Waals surface area contributed by atoms with Crippen molar-refractivity contribution >= 4 is 21.7 Å². The number of Topliss-reactive ketones (excluding diaryl/α,β-unsaturated/α-hetero) is 1. The van der Waals surface area contributed by atoms with E-state index in [-0.39, 0.29) is 5.78 Å². The molecule has 19 heavy (non-hydrogen) atoms. The lowest BCUT2D eigenvalue weighted by Gasteiger charge is -2.27. The molecule has 0 aromatic rings. The highest BCUT2D eigenvalue weighted by molar-refractivity contribution is 9.11. The Balaban J connectivity index is 2.76. The number of nitrogens with one attached hydrogen (secondary N) is 1. The number of nitrogens with zero attached hydrogens (tertiary/aromatic N) is 1.